The Morgan fingerprint density at radius 2 is 1.96 bits per heavy atom. The second kappa shape index (κ2) is 8.52. The number of methoxy groups -OCH3 is 1. The molecule has 1 aromatic heterocycles. The lowest BCUT2D eigenvalue weighted by Crippen LogP contribution is -2.12. The maximum Gasteiger partial charge on any atom is 0.255 e. The zero-order valence-corrected chi connectivity index (χ0v) is 16.4. The van der Waals surface area contributed by atoms with Crippen molar-refractivity contribution in [2.24, 2.45) is 0 Å². The third-order valence-corrected chi connectivity index (χ3v) is 4.41. The molecular formula is C18H15BrCl2N2O2. The molecule has 0 atom stereocenters. The summed E-state index contributed by atoms with van der Waals surface area (Å²) in [5.41, 5.74) is 2.74. The number of pyridine rings is 1. The molecule has 2 aromatic carbocycles. The highest BCUT2D eigenvalue weighted by molar-refractivity contribution is 9.10. The number of hydrogen-bond acceptors (Lipinski definition) is 3. The van der Waals surface area contributed by atoms with Crippen LogP contribution in [0.2, 0.25) is 0 Å². The van der Waals surface area contributed by atoms with Crippen LogP contribution in [0, 0.1) is 0 Å². The van der Waals surface area contributed by atoms with Gasteiger partial charge in [0, 0.05) is 27.5 Å². The summed E-state index contributed by atoms with van der Waals surface area (Å²) in [7, 11) is 1.56. The number of benzene rings is 2. The highest BCUT2D eigenvalue weighted by Gasteiger charge is 2.13. The van der Waals surface area contributed by atoms with Gasteiger partial charge in [0.15, 0.2) is 5.75 Å². The van der Waals surface area contributed by atoms with Crippen LogP contribution in [-0.4, -0.2) is 18.0 Å². The average molecular weight is 442 g/mol. The predicted molar refractivity (Wildman–Crippen MR) is 107 cm³/mol. The number of nitrogens with zero attached hydrogens (tertiary/aromatic N) is 1. The summed E-state index contributed by atoms with van der Waals surface area (Å²) in [4.78, 5) is 16.8. The first kappa shape index (κ1) is 19.5. The first-order chi connectivity index (χ1) is 11.6. The summed E-state index contributed by atoms with van der Waals surface area (Å²) in [6.07, 6.45) is 1.71. The second-order valence-corrected chi connectivity index (χ2v) is 6.34. The Kier molecular flexibility index (Phi) is 6.64. The molecule has 4 nitrogen and oxygen atoms in total. The average Bonchev–Trinajstić information content (AvgIpc) is 2.61. The van der Waals surface area contributed by atoms with Crippen LogP contribution >= 0.6 is 39.9 Å². The zero-order valence-electron chi connectivity index (χ0n) is 13.3. The molecule has 0 bridgehead atoms. The number of fused-ring (bicyclic) bond motifs is 1. The van der Waals surface area contributed by atoms with Crippen LogP contribution in [0.3, 0.4) is 0 Å². The first-order valence-electron chi connectivity index (χ1n) is 7.21. The van der Waals surface area contributed by atoms with Crippen molar-refractivity contribution in [2.75, 3.05) is 12.4 Å². The van der Waals surface area contributed by atoms with Gasteiger partial charge in [-0.2, -0.15) is 0 Å². The Balaban J connectivity index is 0.00000225. The maximum absolute atomic E-state index is 12.4. The molecule has 1 heterocycles. The summed E-state index contributed by atoms with van der Waals surface area (Å²) in [6, 6.07) is 12.8. The molecule has 3 aromatic rings. The van der Waals surface area contributed by atoms with E-state index in [2.05, 4.69) is 26.2 Å². The molecule has 0 saturated heterocycles. The summed E-state index contributed by atoms with van der Waals surface area (Å²) in [5.74, 6) is 0.712. The molecule has 0 aliphatic carbocycles. The van der Waals surface area contributed by atoms with Gasteiger partial charge in [-0.05, 0) is 42.0 Å². The molecule has 130 valence electrons. The lowest BCUT2D eigenvalue weighted by molar-refractivity contribution is 0.102. The molecule has 0 saturated carbocycles. The van der Waals surface area contributed by atoms with Gasteiger partial charge >= 0.3 is 0 Å². The minimum atomic E-state index is -0.211. The van der Waals surface area contributed by atoms with E-state index < -0.39 is 0 Å². The molecule has 0 fully saturated rings. The minimum absolute atomic E-state index is 0. The second-order valence-electron chi connectivity index (χ2n) is 5.16. The Labute approximate surface area is 165 Å². The topological polar surface area (TPSA) is 51.2 Å². The van der Waals surface area contributed by atoms with Crippen LogP contribution < -0.4 is 10.1 Å². The number of aromatic nitrogens is 1. The number of anilines is 1. The smallest absolute Gasteiger partial charge is 0.255 e. The molecule has 25 heavy (non-hydrogen) atoms. The lowest BCUT2D eigenvalue weighted by Gasteiger charge is -2.13. The highest BCUT2D eigenvalue weighted by Crippen LogP contribution is 2.33. The van der Waals surface area contributed by atoms with E-state index in [9.17, 15) is 4.79 Å². The molecule has 3 rings (SSSR count). The van der Waals surface area contributed by atoms with Crippen molar-refractivity contribution >= 4 is 62.4 Å². The number of amides is 1. The fraction of sp³-hybridized carbons (Fsp3) is 0.111. The van der Waals surface area contributed by atoms with E-state index in [1.165, 1.54) is 0 Å². The fourth-order valence-electron chi connectivity index (χ4n) is 2.39. The van der Waals surface area contributed by atoms with Gasteiger partial charge in [0.1, 0.15) is 5.52 Å². The maximum atomic E-state index is 12.4. The summed E-state index contributed by atoms with van der Waals surface area (Å²) in [5, 5.41) is 3.78. The number of carbonyl (C=O) groups excluding carboxylic acids is 1. The van der Waals surface area contributed by atoms with Crippen molar-refractivity contribution in [3.63, 3.8) is 0 Å². The van der Waals surface area contributed by atoms with E-state index in [4.69, 9.17) is 16.3 Å². The third kappa shape index (κ3) is 4.24. The Morgan fingerprint density at radius 3 is 2.60 bits per heavy atom. The van der Waals surface area contributed by atoms with Crippen LogP contribution in [0.25, 0.3) is 10.9 Å². The van der Waals surface area contributed by atoms with E-state index >= 15 is 0 Å². The van der Waals surface area contributed by atoms with Crippen molar-refractivity contribution in [1.82, 2.24) is 4.98 Å². The Morgan fingerprint density at radius 1 is 1.24 bits per heavy atom. The fourth-order valence-corrected chi connectivity index (χ4v) is 2.80. The number of alkyl halides is 1. The van der Waals surface area contributed by atoms with E-state index in [0.717, 1.165) is 15.4 Å². The van der Waals surface area contributed by atoms with Gasteiger partial charge in [-0.15, -0.1) is 24.0 Å². The standard InChI is InChI=1S/C18H14BrClN2O2.ClH/c1-24-17-15(22-18(23)12-2-5-14(19)6-3-12)7-4-13-8-11(9-20)10-21-16(13)17;/h2-8,10H,9H2,1H3,(H,22,23);1H. The largest absolute Gasteiger partial charge is 0.492 e. The molecule has 7 heteroatoms. The van der Waals surface area contributed by atoms with Gasteiger partial charge in [-0.3, -0.25) is 9.78 Å². The van der Waals surface area contributed by atoms with Crippen LogP contribution in [0.1, 0.15) is 15.9 Å². The number of carbonyl (C=O) groups is 1. The van der Waals surface area contributed by atoms with E-state index in [-0.39, 0.29) is 18.3 Å². The van der Waals surface area contributed by atoms with Crippen molar-refractivity contribution < 1.29 is 9.53 Å². The summed E-state index contributed by atoms with van der Waals surface area (Å²) >= 11 is 9.20. The van der Waals surface area contributed by atoms with Gasteiger partial charge < -0.3 is 10.1 Å². The Bertz CT molecular complexity index is 901. The molecule has 0 spiro atoms. The van der Waals surface area contributed by atoms with E-state index in [1.807, 2.05) is 24.3 Å². The molecule has 0 aliphatic heterocycles. The number of hydrogen-bond donors (Lipinski definition) is 1. The van der Waals surface area contributed by atoms with Crippen molar-refractivity contribution in [1.29, 1.82) is 0 Å². The van der Waals surface area contributed by atoms with Gasteiger partial charge in [0.05, 0.1) is 12.8 Å². The van der Waals surface area contributed by atoms with Crippen LogP contribution in [-0.2, 0) is 5.88 Å². The summed E-state index contributed by atoms with van der Waals surface area (Å²) in [6.45, 7) is 0. The molecular weight excluding hydrogens is 427 g/mol. The van der Waals surface area contributed by atoms with Crippen LogP contribution in [0.5, 0.6) is 5.75 Å². The molecule has 0 aliphatic rings. The third-order valence-electron chi connectivity index (χ3n) is 3.58. The molecule has 1 amide bonds. The van der Waals surface area contributed by atoms with E-state index in [1.54, 1.807) is 31.5 Å². The van der Waals surface area contributed by atoms with Gasteiger partial charge in [0.2, 0.25) is 0 Å². The van der Waals surface area contributed by atoms with Gasteiger partial charge in [0.25, 0.3) is 5.91 Å². The van der Waals surface area contributed by atoms with Crippen LogP contribution in [0.4, 0.5) is 5.69 Å². The monoisotopic (exact) mass is 440 g/mol. The SMILES string of the molecule is COc1c(NC(=O)c2ccc(Br)cc2)ccc2cc(CCl)cnc12.Cl. The Hall–Kier alpha value is -1.82. The van der Waals surface area contributed by atoms with Crippen molar-refractivity contribution in [3.8, 4) is 5.75 Å². The number of rotatable bonds is 4. The van der Waals surface area contributed by atoms with Gasteiger partial charge in [-0.25, -0.2) is 0 Å². The van der Waals surface area contributed by atoms with Crippen LogP contribution in [0.15, 0.2) is 53.1 Å². The minimum Gasteiger partial charge on any atom is -0.492 e. The normalized spacial score (nSPS) is 10.2. The van der Waals surface area contributed by atoms with Gasteiger partial charge in [-0.1, -0.05) is 22.0 Å². The van der Waals surface area contributed by atoms with E-state index in [0.29, 0.717) is 28.4 Å². The highest BCUT2D eigenvalue weighted by atomic mass is 79.9. The quantitative estimate of drug-likeness (QED) is 0.550. The molecule has 0 radical (unpaired) electrons. The zero-order chi connectivity index (χ0) is 17.1. The first-order valence-corrected chi connectivity index (χ1v) is 8.53. The number of ether oxygens (including phenoxy) is 1. The molecule has 0 unspecified atom stereocenters. The number of halogens is 3. The molecule has 1 N–H and O–H groups in total. The number of nitrogens with one attached hydrogen (secondary N) is 1. The summed E-state index contributed by atoms with van der Waals surface area (Å²) < 4.78 is 6.39. The lowest BCUT2D eigenvalue weighted by atomic mass is 10.1. The van der Waals surface area contributed by atoms with Crippen molar-refractivity contribution in [3.05, 3.63) is 64.3 Å². The predicted octanol–water partition coefficient (Wildman–Crippen LogP) is 5.42. The van der Waals surface area contributed by atoms with Crippen molar-refractivity contribution in [2.45, 2.75) is 5.88 Å².